The molecule has 0 radical (unpaired) electrons. The Morgan fingerprint density at radius 3 is 2.71 bits per heavy atom. The number of halogens is 2. The summed E-state index contributed by atoms with van der Waals surface area (Å²) < 4.78 is 12.9. The number of hydrogen-bond acceptors (Lipinski definition) is 4. The second-order valence-electron chi connectivity index (χ2n) is 4.24. The van der Waals surface area contributed by atoms with E-state index in [-0.39, 0.29) is 5.69 Å². The SMILES string of the molecule is N#Cc1[nH]nnc1-c1cc(Cl)cc(-c2ccc(F)cn2)c1. The molecule has 0 saturated carbocycles. The summed E-state index contributed by atoms with van der Waals surface area (Å²) in [6.07, 6.45) is 1.13. The predicted molar refractivity (Wildman–Crippen MR) is 74.7 cm³/mol. The van der Waals surface area contributed by atoms with Gasteiger partial charge in [0.2, 0.25) is 0 Å². The molecule has 0 unspecified atom stereocenters. The van der Waals surface area contributed by atoms with E-state index in [9.17, 15) is 4.39 Å². The molecule has 0 aliphatic rings. The quantitative estimate of drug-likeness (QED) is 0.788. The number of aromatic nitrogens is 4. The van der Waals surface area contributed by atoms with Gasteiger partial charge in [0, 0.05) is 16.1 Å². The van der Waals surface area contributed by atoms with Gasteiger partial charge in [-0.25, -0.2) is 9.49 Å². The van der Waals surface area contributed by atoms with Crippen molar-refractivity contribution in [3.05, 3.63) is 53.1 Å². The standard InChI is InChI=1S/C14H7ClFN5/c15-10-4-8(12-2-1-11(16)7-18-12)3-9(5-10)14-13(6-17)19-21-20-14/h1-5,7H,(H,19,20,21). The zero-order valence-corrected chi connectivity index (χ0v) is 11.3. The summed E-state index contributed by atoms with van der Waals surface area (Å²) in [5, 5.41) is 19.5. The lowest BCUT2D eigenvalue weighted by Gasteiger charge is -2.05. The lowest BCUT2D eigenvalue weighted by atomic mass is 10.0. The molecule has 2 heterocycles. The number of pyridine rings is 1. The van der Waals surface area contributed by atoms with Crippen LogP contribution in [0.25, 0.3) is 22.5 Å². The number of H-pyrrole nitrogens is 1. The van der Waals surface area contributed by atoms with Crippen molar-refractivity contribution in [2.24, 2.45) is 0 Å². The minimum absolute atomic E-state index is 0.246. The summed E-state index contributed by atoms with van der Waals surface area (Å²) in [6, 6.07) is 9.99. The number of aromatic amines is 1. The zero-order valence-electron chi connectivity index (χ0n) is 10.5. The molecule has 2 aromatic heterocycles. The Labute approximate surface area is 124 Å². The third kappa shape index (κ3) is 2.59. The summed E-state index contributed by atoms with van der Waals surface area (Å²) in [5.41, 5.74) is 2.55. The molecule has 0 bridgehead atoms. The molecule has 0 saturated heterocycles. The number of nitrogens with zero attached hydrogens (tertiary/aromatic N) is 4. The van der Waals surface area contributed by atoms with Gasteiger partial charge < -0.3 is 0 Å². The first-order valence-corrected chi connectivity index (χ1v) is 6.29. The maximum absolute atomic E-state index is 12.9. The lowest BCUT2D eigenvalue weighted by molar-refractivity contribution is 0.622. The molecule has 0 spiro atoms. The third-order valence-electron chi connectivity index (χ3n) is 2.85. The van der Waals surface area contributed by atoms with Crippen LogP contribution in [0.4, 0.5) is 4.39 Å². The van der Waals surface area contributed by atoms with E-state index in [1.54, 1.807) is 24.3 Å². The van der Waals surface area contributed by atoms with E-state index in [0.717, 1.165) is 6.20 Å². The third-order valence-corrected chi connectivity index (χ3v) is 3.07. The van der Waals surface area contributed by atoms with Crippen molar-refractivity contribution in [2.75, 3.05) is 0 Å². The molecule has 102 valence electrons. The van der Waals surface area contributed by atoms with Crippen molar-refractivity contribution in [1.82, 2.24) is 20.4 Å². The Balaban J connectivity index is 2.13. The Bertz CT molecular complexity index is 835. The van der Waals surface area contributed by atoms with Gasteiger partial charge in [-0.15, -0.1) is 5.10 Å². The molecule has 3 rings (SSSR count). The van der Waals surface area contributed by atoms with Crippen LogP contribution in [0.5, 0.6) is 0 Å². The Kier molecular flexibility index (Phi) is 3.34. The molecule has 0 amide bonds. The number of hydrogen-bond donors (Lipinski definition) is 1. The van der Waals surface area contributed by atoms with E-state index in [2.05, 4.69) is 20.4 Å². The first-order valence-electron chi connectivity index (χ1n) is 5.91. The van der Waals surface area contributed by atoms with Gasteiger partial charge in [-0.2, -0.15) is 5.26 Å². The maximum atomic E-state index is 12.9. The largest absolute Gasteiger partial charge is 0.253 e. The van der Waals surface area contributed by atoms with Crippen molar-refractivity contribution in [3.63, 3.8) is 0 Å². The van der Waals surface area contributed by atoms with Crippen LogP contribution in [0.2, 0.25) is 5.02 Å². The van der Waals surface area contributed by atoms with Gasteiger partial charge in [0.15, 0.2) is 5.69 Å². The van der Waals surface area contributed by atoms with E-state index in [0.29, 0.717) is 27.5 Å². The molecule has 21 heavy (non-hydrogen) atoms. The number of benzene rings is 1. The summed E-state index contributed by atoms with van der Waals surface area (Å²) in [7, 11) is 0. The fraction of sp³-hybridized carbons (Fsp3) is 0. The second kappa shape index (κ2) is 5.31. The van der Waals surface area contributed by atoms with Crippen molar-refractivity contribution in [2.45, 2.75) is 0 Å². The Hall–Kier alpha value is -2.78. The maximum Gasteiger partial charge on any atom is 0.163 e. The van der Waals surface area contributed by atoms with Gasteiger partial charge in [-0.1, -0.05) is 16.8 Å². The van der Waals surface area contributed by atoms with Crippen molar-refractivity contribution >= 4 is 11.6 Å². The first-order chi connectivity index (χ1) is 10.2. The minimum atomic E-state index is -0.413. The van der Waals surface area contributed by atoms with Crippen molar-refractivity contribution in [3.8, 4) is 28.6 Å². The van der Waals surface area contributed by atoms with Crippen molar-refractivity contribution in [1.29, 1.82) is 5.26 Å². The number of nitriles is 1. The van der Waals surface area contributed by atoms with Crippen LogP contribution in [0.1, 0.15) is 5.69 Å². The van der Waals surface area contributed by atoms with Crippen LogP contribution in [0.15, 0.2) is 36.5 Å². The Morgan fingerprint density at radius 1 is 1.19 bits per heavy atom. The van der Waals surface area contributed by atoms with Gasteiger partial charge in [0.25, 0.3) is 0 Å². The molecule has 1 aromatic carbocycles. The van der Waals surface area contributed by atoms with Gasteiger partial charge >= 0.3 is 0 Å². The van der Waals surface area contributed by atoms with E-state index in [1.807, 2.05) is 6.07 Å². The fourth-order valence-corrected chi connectivity index (χ4v) is 2.16. The van der Waals surface area contributed by atoms with E-state index < -0.39 is 5.82 Å². The van der Waals surface area contributed by atoms with Crippen LogP contribution >= 0.6 is 11.6 Å². The molecule has 5 nitrogen and oxygen atoms in total. The van der Waals surface area contributed by atoms with Gasteiger partial charge in [0.1, 0.15) is 17.6 Å². The van der Waals surface area contributed by atoms with Gasteiger partial charge in [-0.05, 0) is 30.3 Å². The smallest absolute Gasteiger partial charge is 0.163 e. The second-order valence-corrected chi connectivity index (χ2v) is 4.67. The van der Waals surface area contributed by atoms with Crippen LogP contribution in [-0.2, 0) is 0 Å². The zero-order chi connectivity index (χ0) is 14.8. The molecule has 0 aliphatic carbocycles. The van der Waals surface area contributed by atoms with E-state index in [1.165, 1.54) is 6.07 Å². The average Bonchev–Trinajstić information content (AvgIpc) is 2.96. The highest BCUT2D eigenvalue weighted by Gasteiger charge is 2.12. The van der Waals surface area contributed by atoms with Gasteiger partial charge in [0.05, 0.1) is 11.9 Å². The summed E-state index contributed by atoms with van der Waals surface area (Å²) in [6.45, 7) is 0. The number of rotatable bonds is 2. The summed E-state index contributed by atoms with van der Waals surface area (Å²) >= 11 is 6.10. The van der Waals surface area contributed by atoms with E-state index in [4.69, 9.17) is 16.9 Å². The van der Waals surface area contributed by atoms with Crippen LogP contribution in [0, 0.1) is 17.1 Å². The topological polar surface area (TPSA) is 78.2 Å². The average molecular weight is 300 g/mol. The van der Waals surface area contributed by atoms with Crippen LogP contribution < -0.4 is 0 Å². The molecule has 0 atom stereocenters. The van der Waals surface area contributed by atoms with Crippen LogP contribution in [0.3, 0.4) is 0 Å². The monoisotopic (exact) mass is 299 g/mol. The molecular formula is C14H7ClFN5. The Morgan fingerprint density at radius 2 is 2.00 bits per heavy atom. The highest BCUT2D eigenvalue weighted by molar-refractivity contribution is 6.31. The normalized spacial score (nSPS) is 10.3. The summed E-state index contributed by atoms with van der Waals surface area (Å²) in [4.78, 5) is 4.01. The minimum Gasteiger partial charge on any atom is -0.253 e. The van der Waals surface area contributed by atoms with Gasteiger partial charge in [-0.3, -0.25) is 4.98 Å². The molecule has 3 aromatic rings. The molecule has 0 fully saturated rings. The molecule has 1 N–H and O–H groups in total. The van der Waals surface area contributed by atoms with Crippen molar-refractivity contribution < 1.29 is 4.39 Å². The molecule has 7 heteroatoms. The number of nitrogens with one attached hydrogen (secondary N) is 1. The lowest BCUT2D eigenvalue weighted by Crippen LogP contribution is -1.88. The first kappa shape index (κ1) is 13.2. The fourth-order valence-electron chi connectivity index (χ4n) is 1.93. The molecule has 0 aliphatic heterocycles. The van der Waals surface area contributed by atoms with Crippen LogP contribution in [-0.4, -0.2) is 20.4 Å². The highest BCUT2D eigenvalue weighted by Crippen LogP contribution is 2.29. The molecular weight excluding hydrogens is 293 g/mol. The highest BCUT2D eigenvalue weighted by atomic mass is 35.5. The predicted octanol–water partition coefficient (Wildman–Crippen LogP) is 3.20. The summed E-state index contributed by atoms with van der Waals surface area (Å²) in [5.74, 6) is -0.413. The van der Waals surface area contributed by atoms with E-state index >= 15 is 0 Å².